The SMILES string of the molecule is CCCC(NC(=O)Nc1c(F)cc(F)cc1Cl)C(=O)O. The lowest BCUT2D eigenvalue weighted by Gasteiger charge is -2.15. The van der Waals surface area contributed by atoms with E-state index >= 15 is 0 Å². The van der Waals surface area contributed by atoms with Crippen LogP contribution < -0.4 is 10.6 Å². The van der Waals surface area contributed by atoms with Gasteiger partial charge in [0.15, 0.2) is 5.82 Å². The molecule has 1 aromatic carbocycles. The minimum atomic E-state index is -1.20. The van der Waals surface area contributed by atoms with E-state index in [0.29, 0.717) is 12.5 Å². The summed E-state index contributed by atoms with van der Waals surface area (Å²) in [6, 6.07) is -0.635. The highest BCUT2D eigenvalue weighted by atomic mass is 35.5. The Bertz CT molecular complexity index is 502. The van der Waals surface area contributed by atoms with E-state index < -0.39 is 35.4 Å². The molecule has 0 saturated carbocycles. The highest BCUT2D eigenvalue weighted by Crippen LogP contribution is 2.26. The van der Waals surface area contributed by atoms with Gasteiger partial charge in [-0.3, -0.25) is 0 Å². The minimum Gasteiger partial charge on any atom is -0.480 e. The average molecular weight is 307 g/mol. The van der Waals surface area contributed by atoms with Crippen LogP contribution in [0.5, 0.6) is 0 Å². The van der Waals surface area contributed by atoms with Crippen molar-refractivity contribution in [2.75, 3.05) is 5.32 Å². The smallest absolute Gasteiger partial charge is 0.326 e. The first-order valence-electron chi connectivity index (χ1n) is 5.80. The zero-order valence-electron chi connectivity index (χ0n) is 10.5. The topological polar surface area (TPSA) is 78.4 Å². The molecule has 0 spiro atoms. The predicted octanol–water partition coefficient (Wildman–Crippen LogP) is 2.99. The van der Waals surface area contributed by atoms with Gasteiger partial charge in [0.05, 0.1) is 10.7 Å². The van der Waals surface area contributed by atoms with E-state index in [1.165, 1.54) is 0 Å². The number of urea groups is 1. The summed E-state index contributed by atoms with van der Waals surface area (Å²) in [5.74, 6) is -3.13. The highest BCUT2D eigenvalue weighted by molar-refractivity contribution is 6.33. The number of carbonyl (C=O) groups excluding carboxylic acids is 1. The molecule has 0 aliphatic carbocycles. The van der Waals surface area contributed by atoms with Gasteiger partial charge in [0.2, 0.25) is 0 Å². The Kier molecular flexibility index (Phi) is 5.69. The Morgan fingerprint density at radius 2 is 2.05 bits per heavy atom. The molecule has 5 nitrogen and oxygen atoms in total. The number of carbonyl (C=O) groups is 2. The second-order valence-corrected chi connectivity index (χ2v) is 4.43. The largest absolute Gasteiger partial charge is 0.480 e. The lowest BCUT2D eigenvalue weighted by Crippen LogP contribution is -2.43. The maximum Gasteiger partial charge on any atom is 0.326 e. The number of carboxylic acid groups (broad SMARTS) is 1. The molecular weight excluding hydrogens is 294 g/mol. The fraction of sp³-hybridized carbons (Fsp3) is 0.333. The summed E-state index contributed by atoms with van der Waals surface area (Å²) < 4.78 is 26.3. The molecule has 0 heterocycles. The van der Waals surface area contributed by atoms with Gasteiger partial charge in [-0.05, 0) is 12.5 Å². The Hall–Kier alpha value is -1.89. The minimum absolute atomic E-state index is 0.225. The van der Waals surface area contributed by atoms with Crippen molar-refractivity contribution >= 4 is 29.3 Å². The van der Waals surface area contributed by atoms with Crippen LogP contribution in [0.25, 0.3) is 0 Å². The second kappa shape index (κ2) is 7.04. The number of carboxylic acids is 1. The van der Waals surface area contributed by atoms with Crippen molar-refractivity contribution in [2.45, 2.75) is 25.8 Å². The van der Waals surface area contributed by atoms with E-state index in [2.05, 4.69) is 10.6 Å². The van der Waals surface area contributed by atoms with Crippen molar-refractivity contribution in [3.63, 3.8) is 0 Å². The van der Waals surface area contributed by atoms with Crippen LogP contribution in [0, 0.1) is 11.6 Å². The molecule has 110 valence electrons. The lowest BCUT2D eigenvalue weighted by molar-refractivity contribution is -0.139. The maximum atomic E-state index is 13.4. The van der Waals surface area contributed by atoms with Crippen LogP contribution >= 0.6 is 11.6 Å². The summed E-state index contributed by atoms with van der Waals surface area (Å²) >= 11 is 5.60. The number of rotatable bonds is 5. The number of anilines is 1. The molecule has 1 aromatic rings. The first-order valence-corrected chi connectivity index (χ1v) is 6.17. The summed E-state index contributed by atoms with van der Waals surface area (Å²) in [5, 5.41) is 12.8. The average Bonchev–Trinajstić information content (AvgIpc) is 2.33. The standard InChI is InChI=1S/C12H13ClF2N2O3/c1-2-3-9(11(18)19)16-12(20)17-10-7(13)4-6(14)5-8(10)15/h4-5,9H,2-3H2,1H3,(H,18,19)(H2,16,17,20). The lowest BCUT2D eigenvalue weighted by atomic mass is 10.2. The van der Waals surface area contributed by atoms with Gasteiger partial charge in [0.1, 0.15) is 11.9 Å². The molecule has 1 unspecified atom stereocenters. The van der Waals surface area contributed by atoms with E-state index in [0.717, 1.165) is 6.07 Å². The fourth-order valence-corrected chi connectivity index (χ4v) is 1.76. The molecule has 20 heavy (non-hydrogen) atoms. The fourth-order valence-electron chi connectivity index (χ4n) is 1.52. The number of amides is 2. The third-order valence-corrected chi connectivity index (χ3v) is 2.72. The van der Waals surface area contributed by atoms with E-state index in [1.807, 2.05) is 0 Å². The van der Waals surface area contributed by atoms with E-state index in [1.54, 1.807) is 6.92 Å². The van der Waals surface area contributed by atoms with E-state index in [-0.39, 0.29) is 11.4 Å². The molecule has 0 radical (unpaired) electrons. The van der Waals surface area contributed by atoms with Crippen LogP contribution in [0.1, 0.15) is 19.8 Å². The molecule has 0 aliphatic heterocycles. The number of benzene rings is 1. The van der Waals surface area contributed by atoms with Crippen LogP contribution in [0.4, 0.5) is 19.3 Å². The van der Waals surface area contributed by atoms with Crippen molar-refractivity contribution in [1.29, 1.82) is 0 Å². The highest BCUT2D eigenvalue weighted by Gasteiger charge is 2.20. The first kappa shape index (κ1) is 16.2. The Morgan fingerprint density at radius 3 is 2.55 bits per heavy atom. The first-order chi connectivity index (χ1) is 9.35. The molecule has 1 rings (SSSR count). The molecule has 0 aromatic heterocycles. The van der Waals surface area contributed by atoms with Crippen LogP contribution in [0.2, 0.25) is 5.02 Å². The van der Waals surface area contributed by atoms with E-state index in [4.69, 9.17) is 16.7 Å². The summed E-state index contributed by atoms with van der Waals surface area (Å²) in [6.45, 7) is 1.76. The molecule has 0 saturated heterocycles. The molecule has 0 bridgehead atoms. The summed E-state index contributed by atoms with van der Waals surface area (Å²) in [6.07, 6.45) is 0.769. The quantitative estimate of drug-likeness (QED) is 0.782. The molecular formula is C12H13ClF2N2O3. The van der Waals surface area contributed by atoms with Crippen LogP contribution in [0.3, 0.4) is 0 Å². The van der Waals surface area contributed by atoms with Gasteiger partial charge in [-0.25, -0.2) is 18.4 Å². The normalized spacial score (nSPS) is 11.8. The number of nitrogens with one attached hydrogen (secondary N) is 2. The predicted molar refractivity (Wildman–Crippen MR) is 69.9 cm³/mol. The maximum absolute atomic E-state index is 13.4. The number of hydrogen-bond donors (Lipinski definition) is 3. The molecule has 8 heteroatoms. The summed E-state index contributed by atoms with van der Waals surface area (Å²) in [7, 11) is 0. The molecule has 3 N–H and O–H groups in total. The van der Waals surface area contributed by atoms with Crippen LogP contribution in [-0.2, 0) is 4.79 Å². The van der Waals surface area contributed by atoms with Gasteiger partial charge in [-0.1, -0.05) is 24.9 Å². The monoisotopic (exact) mass is 306 g/mol. The Labute approximate surface area is 118 Å². The van der Waals surface area contributed by atoms with Gasteiger partial charge in [0.25, 0.3) is 0 Å². The van der Waals surface area contributed by atoms with Crippen molar-refractivity contribution in [1.82, 2.24) is 5.32 Å². The summed E-state index contributed by atoms with van der Waals surface area (Å²) in [5.41, 5.74) is -0.411. The van der Waals surface area contributed by atoms with Gasteiger partial charge >= 0.3 is 12.0 Å². The third kappa shape index (κ3) is 4.34. The van der Waals surface area contributed by atoms with Crippen molar-refractivity contribution in [3.05, 3.63) is 28.8 Å². The van der Waals surface area contributed by atoms with Gasteiger partial charge in [-0.2, -0.15) is 0 Å². The van der Waals surface area contributed by atoms with Crippen LogP contribution in [0.15, 0.2) is 12.1 Å². The molecule has 0 fully saturated rings. The zero-order valence-corrected chi connectivity index (χ0v) is 11.3. The molecule has 0 aliphatic rings. The number of aliphatic carboxylic acids is 1. The van der Waals surface area contributed by atoms with E-state index in [9.17, 15) is 18.4 Å². The van der Waals surface area contributed by atoms with Crippen molar-refractivity contribution in [2.24, 2.45) is 0 Å². The molecule has 2 amide bonds. The number of halogens is 3. The van der Waals surface area contributed by atoms with Crippen molar-refractivity contribution in [3.8, 4) is 0 Å². The zero-order chi connectivity index (χ0) is 15.3. The van der Waals surface area contributed by atoms with Gasteiger partial charge < -0.3 is 15.7 Å². The Balaban J connectivity index is 2.78. The van der Waals surface area contributed by atoms with Crippen LogP contribution in [-0.4, -0.2) is 23.1 Å². The summed E-state index contributed by atoms with van der Waals surface area (Å²) in [4.78, 5) is 22.5. The number of hydrogen-bond acceptors (Lipinski definition) is 2. The Morgan fingerprint density at radius 1 is 1.40 bits per heavy atom. The molecule has 1 atom stereocenters. The van der Waals surface area contributed by atoms with Gasteiger partial charge in [-0.15, -0.1) is 0 Å². The van der Waals surface area contributed by atoms with Crippen molar-refractivity contribution < 1.29 is 23.5 Å². The second-order valence-electron chi connectivity index (χ2n) is 4.02. The third-order valence-electron chi connectivity index (χ3n) is 2.43. The van der Waals surface area contributed by atoms with Gasteiger partial charge in [0, 0.05) is 6.07 Å².